The lowest BCUT2D eigenvalue weighted by Crippen LogP contribution is -2.38. The van der Waals surface area contributed by atoms with Crippen LogP contribution < -0.4 is 5.56 Å². The zero-order valence-electron chi connectivity index (χ0n) is 9.65. The molecule has 5 heteroatoms. The lowest BCUT2D eigenvalue weighted by Gasteiger charge is -2.34. The average Bonchev–Trinajstić information content (AvgIpc) is 2.26. The number of amides is 1. The van der Waals surface area contributed by atoms with Gasteiger partial charge in [-0.05, 0) is 24.8 Å². The van der Waals surface area contributed by atoms with E-state index in [4.69, 9.17) is 11.6 Å². The van der Waals surface area contributed by atoms with Crippen molar-refractivity contribution in [2.24, 2.45) is 5.92 Å². The molecular weight excluding hydrogens is 240 g/mol. The Morgan fingerprint density at radius 1 is 1.53 bits per heavy atom. The quantitative estimate of drug-likeness (QED) is 0.831. The Balaban J connectivity index is 1.97. The van der Waals surface area contributed by atoms with Crippen LogP contribution in [0.4, 0.5) is 0 Å². The number of alkyl halides is 1. The first-order valence-electron chi connectivity index (χ1n) is 5.65. The number of hydrogen-bond acceptors (Lipinski definition) is 2. The SMILES string of the molecule is CN(CC1CC(Cl)C1)C(=O)c1cccc(=O)[nH]1. The van der Waals surface area contributed by atoms with Gasteiger partial charge in [-0.15, -0.1) is 11.6 Å². The molecule has 1 heterocycles. The molecule has 1 aromatic rings. The Bertz CT molecular complexity index is 466. The molecule has 0 aliphatic heterocycles. The number of nitrogens with one attached hydrogen (secondary N) is 1. The standard InChI is InChI=1S/C12H15ClN2O2/c1-15(7-8-5-9(13)6-8)12(17)10-3-2-4-11(16)14-10/h2-4,8-9H,5-7H2,1H3,(H,14,16). The van der Waals surface area contributed by atoms with Crippen LogP contribution >= 0.6 is 11.6 Å². The van der Waals surface area contributed by atoms with Gasteiger partial charge in [-0.1, -0.05) is 6.07 Å². The number of aromatic amines is 1. The summed E-state index contributed by atoms with van der Waals surface area (Å²) < 4.78 is 0. The number of nitrogens with zero attached hydrogens (tertiary/aromatic N) is 1. The minimum atomic E-state index is -0.256. The van der Waals surface area contributed by atoms with E-state index in [1.165, 1.54) is 6.07 Å². The summed E-state index contributed by atoms with van der Waals surface area (Å²) in [5.74, 6) is 0.336. The van der Waals surface area contributed by atoms with Crippen LogP contribution in [0.15, 0.2) is 23.0 Å². The van der Waals surface area contributed by atoms with Gasteiger partial charge in [0.25, 0.3) is 5.91 Å². The summed E-state index contributed by atoms with van der Waals surface area (Å²) in [7, 11) is 1.75. The highest BCUT2D eigenvalue weighted by molar-refractivity contribution is 6.21. The summed E-state index contributed by atoms with van der Waals surface area (Å²) in [5, 5.41) is 0.264. The van der Waals surface area contributed by atoms with Crippen molar-refractivity contribution in [1.29, 1.82) is 0 Å². The number of hydrogen-bond donors (Lipinski definition) is 1. The topological polar surface area (TPSA) is 53.2 Å². The van der Waals surface area contributed by atoms with Crippen molar-refractivity contribution in [3.8, 4) is 0 Å². The number of carbonyl (C=O) groups is 1. The first-order valence-corrected chi connectivity index (χ1v) is 6.09. The fraction of sp³-hybridized carbons (Fsp3) is 0.500. The van der Waals surface area contributed by atoms with E-state index in [0.717, 1.165) is 12.8 Å². The first kappa shape index (κ1) is 12.2. The van der Waals surface area contributed by atoms with Crippen LogP contribution in [0.1, 0.15) is 23.3 Å². The third-order valence-corrected chi connectivity index (χ3v) is 3.41. The molecule has 1 fully saturated rings. The van der Waals surface area contributed by atoms with Crippen molar-refractivity contribution in [1.82, 2.24) is 9.88 Å². The Hall–Kier alpha value is -1.29. The Morgan fingerprint density at radius 2 is 2.24 bits per heavy atom. The van der Waals surface area contributed by atoms with E-state index in [1.54, 1.807) is 24.1 Å². The minimum absolute atomic E-state index is 0.152. The maximum absolute atomic E-state index is 12.0. The molecule has 1 aliphatic carbocycles. The van der Waals surface area contributed by atoms with Gasteiger partial charge in [0.2, 0.25) is 5.56 Å². The molecule has 0 aromatic carbocycles. The van der Waals surface area contributed by atoms with Crippen LogP contribution in [-0.2, 0) is 0 Å². The fourth-order valence-corrected chi connectivity index (χ4v) is 2.56. The smallest absolute Gasteiger partial charge is 0.270 e. The number of pyridine rings is 1. The Labute approximate surface area is 105 Å². The molecule has 0 atom stereocenters. The van der Waals surface area contributed by atoms with Gasteiger partial charge in [0, 0.05) is 25.0 Å². The summed E-state index contributed by atoms with van der Waals surface area (Å²) in [4.78, 5) is 27.3. The van der Waals surface area contributed by atoms with Crippen LogP contribution in [0.25, 0.3) is 0 Å². The van der Waals surface area contributed by atoms with E-state index in [1.807, 2.05) is 0 Å². The molecule has 92 valence electrons. The molecule has 1 N–H and O–H groups in total. The predicted octanol–water partition coefficient (Wildman–Crippen LogP) is 1.46. The van der Waals surface area contributed by atoms with E-state index in [2.05, 4.69) is 4.98 Å². The molecule has 1 saturated carbocycles. The fourth-order valence-electron chi connectivity index (χ4n) is 2.05. The number of aromatic nitrogens is 1. The lowest BCUT2D eigenvalue weighted by atomic mass is 9.84. The van der Waals surface area contributed by atoms with Crippen molar-refractivity contribution in [3.63, 3.8) is 0 Å². The van der Waals surface area contributed by atoms with Gasteiger partial charge in [-0.25, -0.2) is 0 Å². The maximum atomic E-state index is 12.0. The van der Waals surface area contributed by atoms with Gasteiger partial charge in [-0.2, -0.15) is 0 Å². The summed E-state index contributed by atoms with van der Waals surface area (Å²) in [5.41, 5.74) is 0.0791. The summed E-state index contributed by atoms with van der Waals surface area (Å²) in [6.07, 6.45) is 1.93. The van der Waals surface area contributed by atoms with Gasteiger partial charge in [0.1, 0.15) is 5.69 Å². The second-order valence-corrected chi connectivity index (χ2v) is 5.17. The number of carbonyl (C=O) groups excluding carboxylic acids is 1. The maximum Gasteiger partial charge on any atom is 0.270 e. The van der Waals surface area contributed by atoms with Gasteiger partial charge < -0.3 is 9.88 Å². The van der Waals surface area contributed by atoms with Crippen molar-refractivity contribution < 1.29 is 4.79 Å². The summed E-state index contributed by atoms with van der Waals surface area (Å²) in [6, 6.07) is 4.59. The third kappa shape index (κ3) is 2.88. The van der Waals surface area contributed by atoms with Gasteiger partial charge in [0.05, 0.1) is 0 Å². The second kappa shape index (κ2) is 4.92. The van der Waals surface area contributed by atoms with E-state index in [9.17, 15) is 9.59 Å². The van der Waals surface area contributed by atoms with Crippen molar-refractivity contribution >= 4 is 17.5 Å². The van der Waals surface area contributed by atoms with Crippen molar-refractivity contribution in [3.05, 3.63) is 34.2 Å². The van der Waals surface area contributed by atoms with E-state index in [0.29, 0.717) is 18.2 Å². The van der Waals surface area contributed by atoms with Gasteiger partial charge in [0.15, 0.2) is 0 Å². The van der Waals surface area contributed by atoms with Crippen LogP contribution in [0.5, 0.6) is 0 Å². The number of H-pyrrole nitrogens is 1. The zero-order chi connectivity index (χ0) is 12.4. The molecule has 4 nitrogen and oxygen atoms in total. The van der Waals surface area contributed by atoms with Crippen LogP contribution in [0, 0.1) is 5.92 Å². The van der Waals surface area contributed by atoms with Crippen molar-refractivity contribution in [2.75, 3.05) is 13.6 Å². The average molecular weight is 255 g/mol. The summed E-state index contributed by atoms with van der Waals surface area (Å²) >= 11 is 5.89. The normalized spacial score (nSPS) is 22.9. The second-order valence-electron chi connectivity index (χ2n) is 4.55. The third-order valence-electron chi connectivity index (χ3n) is 3.06. The Morgan fingerprint density at radius 3 is 2.82 bits per heavy atom. The lowest BCUT2D eigenvalue weighted by molar-refractivity contribution is 0.0741. The molecule has 2 rings (SSSR count). The van der Waals surface area contributed by atoms with E-state index >= 15 is 0 Å². The molecule has 1 amide bonds. The minimum Gasteiger partial charge on any atom is -0.340 e. The van der Waals surface area contributed by atoms with Crippen LogP contribution in [0.3, 0.4) is 0 Å². The van der Waals surface area contributed by atoms with E-state index < -0.39 is 0 Å². The molecule has 17 heavy (non-hydrogen) atoms. The summed E-state index contributed by atoms with van der Waals surface area (Å²) in [6.45, 7) is 0.693. The highest BCUT2D eigenvalue weighted by Crippen LogP contribution is 2.32. The van der Waals surface area contributed by atoms with Gasteiger partial charge in [-0.3, -0.25) is 9.59 Å². The molecule has 0 bridgehead atoms. The Kier molecular flexibility index (Phi) is 3.52. The molecule has 1 aliphatic rings. The molecule has 0 spiro atoms. The monoisotopic (exact) mass is 254 g/mol. The molecular formula is C12H15ClN2O2. The van der Waals surface area contributed by atoms with Crippen molar-refractivity contribution in [2.45, 2.75) is 18.2 Å². The number of halogens is 1. The molecule has 1 aromatic heterocycles. The van der Waals surface area contributed by atoms with Crippen LogP contribution in [-0.4, -0.2) is 34.8 Å². The predicted molar refractivity (Wildman–Crippen MR) is 66.4 cm³/mol. The molecule has 0 saturated heterocycles. The molecule has 0 radical (unpaired) electrons. The molecule has 0 unspecified atom stereocenters. The van der Waals surface area contributed by atoms with Crippen LogP contribution in [0.2, 0.25) is 0 Å². The number of rotatable bonds is 3. The van der Waals surface area contributed by atoms with Gasteiger partial charge >= 0.3 is 0 Å². The first-order chi connectivity index (χ1) is 8.06. The van der Waals surface area contributed by atoms with E-state index in [-0.39, 0.29) is 16.8 Å². The highest BCUT2D eigenvalue weighted by Gasteiger charge is 2.29. The largest absolute Gasteiger partial charge is 0.340 e. The highest BCUT2D eigenvalue weighted by atomic mass is 35.5. The zero-order valence-corrected chi connectivity index (χ0v) is 10.4.